The SMILES string of the molecule is CC(=O)SCCC[P+](c1ccccc1)(c1ccccc1)c1ccccc1. The third kappa shape index (κ3) is 4.26. The average molecular weight is 379 g/mol. The molecule has 0 atom stereocenters. The first-order valence-electron chi connectivity index (χ1n) is 8.92. The van der Waals surface area contributed by atoms with Crippen molar-refractivity contribution in [1.82, 2.24) is 0 Å². The van der Waals surface area contributed by atoms with Crippen molar-refractivity contribution < 1.29 is 4.79 Å². The molecule has 0 aliphatic carbocycles. The Kier molecular flexibility index (Phi) is 6.66. The molecule has 0 saturated heterocycles. The standard InChI is InChI=1S/C23H24OPS/c1-20(24)26-19-11-18-25(21-12-5-2-6-13-21,22-14-7-3-8-15-22)23-16-9-4-10-17-23/h2-10,12-17H,11,18-19H2,1H3/q+1. The Bertz CT molecular complexity index is 722. The van der Waals surface area contributed by atoms with Gasteiger partial charge in [-0.25, -0.2) is 0 Å². The van der Waals surface area contributed by atoms with E-state index >= 15 is 0 Å². The molecule has 132 valence electrons. The van der Waals surface area contributed by atoms with Crippen molar-refractivity contribution in [2.24, 2.45) is 0 Å². The molecule has 3 heteroatoms. The molecule has 0 saturated carbocycles. The van der Waals surface area contributed by atoms with Crippen LogP contribution in [0.1, 0.15) is 13.3 Å². The average Bonchev–Trinajstić information content (AvgIpc) is 2.70. The van der Waals surface area contributed by atoms with E-state index in [0.717, 1.165) is 18.3 Å². The van der Waals surface area contributed by atoms with Crippen molar-refractivity contribution in [1.29, 1.82) is 0 Å². The van der Waals surface area contributed by atoms with E-state index in [-0.39, 0.29) is 5.12 Å². The van der Waals surface area contributed by atoms with Gasteiger partial charge in [-0.1, -0.05) is 66.4 Å². The van der Waals surface area contributed by atoms with E-state index in [4.69, 9.17) is 0 Å². The minimum Gasteiger partial charge on any atom is -0.288 e. The summed E-state index contributed by atoms with van der Waals surface area (Å²) in [6.45, 7) is 1.65. The smallest absolute Gasteiger partial charge is 0.185 e. The Hall–Kier alpha value is -1.89. The Morgan fingerprint density at radius 3 is 1.46 bits per heavy atom. The van der Waals surface area contributed by atoms with Crippen molar-refractivity contribution in [2.75, 3.05) is 11.9 Å². The molecule has 0 bridgehead atoms. The number of hydrogen-bond acceptors (Lipinski definition) is 2. The summed E-state index contributed by atoms with van der Waals surface area (Å²) in [4.78, 5) is 11.4. The monoisotopic (exact) mass is 379 g/mol. The van der Waals surface area contributed by atoms with E-state index < -0.39 is 7.26 Å². The van der Waals surface area contributed by atoms with Gasteiger partial charge in [0.1, 0.15) is 23.2 Å². The molecule has 0 N–H and O–H groups in total. The Labute approximate surface area is 161 Å². The normalized spacial score (nSPS) is 11.3. The van der Waals surface area contributed by atoms with E-state index in [0.29, 0.717) is 0 Å². The number of rotatable bonds is 7. The van der Waals surface area contributed by atoms with Gasteiger partial charge in [0.25, 0.3) is 0 Å². The van der Waals surface area contributed by atoms with Gasteiger partial charge in [0.15, 0.2) is 5.12 Å². The van der Waals surface area contributed by atoms with E-state index in [1.165, 1.54) is 27.7 Å². The van der Waals surface area contributed by atoms with Crippen molar-refractivity contribution in [3.63, 3.8) is 0 Å². The quantitative estimate of drug-likeness (QED) is 0.439. The van der Waals surface area contributed by atoms with E-state index in [1.54, 1.807) is 6.92 Å². The van der Waals surface area contributed by atoms with Crippen molar-refractivity contribution in [2.45, 2.75) is 13.3 Å². The summed E-state index contributed by atoms with van der Waals surface area (Å²) in [5, 5.41) is 4.42. The number of hydrogen-bond donors (Lipinski definition) is 0. The van der Waals surface area contributed by atoms with Crippen LogP contribution in [-0.2, 0) is 4.79 Å². The van der Waals surface area contributed by atoms with Crippen molar-refractivity contribution in [3.05, 3.63) is 91.0 Å². The van der Waals surface area contributed by atoms with Gasteiger partial charge >= 0.3 is 0 Å². The number of carbonyl (C=O) groups is 1. The molecule has 0 aliphatic rings. The zero-order chi connectivity index (χ0) is 18.2. The summed E-state index contributed by atoms with van der Waals surface area (Å²) in [5.74, 6) is 0.879. The predicted molar refractivity (Wildman–Crippen MR) is 118 cm³/mol. The van der Waals surface area contributed by atoms with Crippen LogP contribution in [0.5, 0.6) is 0 Å². The molecule has 0 spiro atoms. The Morgan fingerprint density at radius 2 is 1.12 bits per heavy atom. The van der Waals surface area contributed by atoms with E-state index in [1.807, 2.05) is 0 Å². The van der Waals surface area contributed by atoms with Gasteiger partial charge in [0.05, 0.1) is 6.16 Å². The molecule has 1 nitrogen and oxygen atoms in total. The minimum absolute atomic E-state index is 0.202. The van der Waals surface area contributed by atoms with Crippen LogP contribution in [0.25, 0.3) is 0 Å². The van der Waals surface area contributed by atoms with Gasteiger partial charge in [0, 0.05) is 12.7 Å². The maximum atomic E-state index is 11.4. The molecular weight excluding hydrogens is 355 g/mol. The fourth-order valence-electron chi connectivity index (χ4n) is 3.40. The molecule has 0 aliphatic heterocycles. The zero-order valence-electron chi connectivity index (χ0n) is 15.0. The van der Waals surface area contributed by atoms with Crippen LogP contribution in [0.3, 0.4) is 0 Å². The van der Waals surface area contributed by atoms with E-state index in [2.05, 4.69) is 91.0 Å². The van der Waals surface area contributed by atoms with Gasteiger partial charge in [-0.2, -0.15) is 0 Å². The Balaban J connectivity index is 2.10. The van der Waals surface area contributed by atoms with Crippen molar-refractivity contribution in [3.8, 4) is 0 Å². The summed E-state index contributed by atoms with van der Waals surface area (Å²) >= 11 is 1.44. The van der Waals surface area contributed by atoms with Gasteiger partial charge < -0.3 is 0 Å². The second-order valence-corrected chi connectivity index (χ2v) is 11.1. The lowest BCUT2D eigenvalue weighted by molar-refractivity contribution is -0.109. The first-order valence-corrected chi connectivity index (χ1v) is 11.9. The van der Waals surface area contributed by atoms with Crippen molar-refractivity contribution >= 4 is 40.1 Å². The van der Waals surface area contributed by atoms with Gasteiger partial charge in [-0.3, -0.25) is 4.79 Å². The molecule has 26 heavy (non-hydrogen) atoms. The van der Waals surface area contributed by atoms with Crippen LogP contribution in [0.4, 0.5) is 0 Å². The first-order chi connectivity index (χ1) is 12.7. The molecule has 3 rings (SSSR count). The summed E-state index contributed by atoms with van der Waals surface area (Å²) in [5.41, 5.74) is 0. The lowest BCUT2D eigenvalue weighted by Gasteiger charge is -2.27. The molecule has 3 aromatic rings. The lowest BCUT2D eigenvalue weighted by atomic mass is 10.4. The summed E-state index contributed by atoms with van der Waals surface area (Å²) in [6, 6.07) is 32.7. The fraction of sp³-hybridized carbons (Fsp3) is 0.174. The molecular formula is C23H24OPS+. The molecule has 3 aromatic carbocycles. The molecule has 0 fully saturated rings. The van der Waals surface area contributed by atoms with Crippen LogP contribution in [0.2, 0.25) is 0 Å². The second-order valence-electron chi connectivity index (χ2n) is 6.23. The minimum atomic E-state index is -1.74. The molecule has 0 aromatic heterocycles. The highest BCUT2D eigenvalue weighted by Gasteiger charge is 2.44. The highest BCUT2D eigenvalue weighted by Crippen LogP contribution is 2.55. The first kappa shape index (κ1) is 18.9. The van der Waals surface area contributed by atoms with Gasteiger partial charge in [-0.05, 0) is 42.8 Å². The highest BCUT2D eigenvalue weighted by atomic mass is 32.2. The number of thioether (sulfide) groups is 1. The van der Waals surface area contributed by atoms with Crippen LogP contribution in [0.15, 0.2) is 91.0 Å². The summed E-state index contributed by atoms with van der Waals surface area (Å²) in [7, 11) is -1.74. The lowest BCUT2D eigenvalue weighted by Crippen LogP contribution is -2.33. The van der Waals surface area contributed by atoms with Gasteiger partial charge in [-0.15, -0.1) is 0 Å². The zero-order valence-corrected chi connectivity index (χ0v) is 16.8. The maximum absolute atomic E-state index is 11.4. The van der Waals surface area contributed by atoms with Gasteiger partial charge in [0.2, 0.25) is 0 Å². The van der Waals surface area contributed by atoms with Crippen LogP contribution in [-0.4, -0.2) is 17.0 Å². The third-order valence-electron chi connectivity index (χ3n) is 4.53. The topological polar surface area (TPSA) is 17.1 Å². The third-order valence-corrected chi connectivity index (χ3v) is 9.96. The second kappa shape index (κ2) is 9.16. The van der Waals surface area contributed by atoms with Crippen LogP contribution < -0.4 is 15.9 Å². The van der Waals surface area contributed by atoms with Crippen LogP contribution in [0, 0.1) is 0 Å². The molecule has 0 radical (unpaired) electrons. The predicted octanol–water partition coefficient (Wildman–Crippen LogP) is 4.65. The van der Waals surface area contributed by atoms with Crippen LogP contribution >= 0.6 is 19.0 Å². The maximum Gasteiger partial charge on any atom is 0.185 e. The molecule has 0 amide bonds. The number of carbonyl (C=O) groups excluding carboxylic acids is 1. The Morgan fingerprint density at radius 1 is 0.731 bits per heavy atom. The largest absolute Gasteiger partial charge is 0.288 e. The number of benzene rings is 3. The molecule has 0 heterocycles. The summed E-state index contributed by atoms with van der Waals surface area (Å²) < 4.78 is 0. The fourth-order valence-corrected chi connectivity index (χ4v) is 8.53. The highest BCUT2D eigenvalue weighted by molar-refractivity contribution is 8.13. The summed E-state index contributed by atoms with van der Waals surface area (Å²) in [6.07, 6.45) is 2.10. The molecule has 0 unspecified atom stereocenters. The van der Waals surface area contributed by atoms with E-state index in [9.17, 15) is 4.79 Å².